The van der Waals surface area contributed by atoms with Gasteiger partial charge in [0.1, 0.15) is 5.66 Å². The van der Waals surface area contributed by atoms with E-state index in [0.717, 1.165) is 32.7 Å². The van der Waals surface area contributed by atoms with Crippen molar-refractivity contribution in [2.75, 3.05) is 33.4 Å². The molecule has 1 aromatic heterocycles. The maximum Gasteiger partial charge on any atom is 0.131 e. The van der Waals surface area contributed by atoms with Crippen molar-refractivity contribution in [1.82, 2.24) is 10.2 Å². The average molecular weight is 240 g/mol. The number of nitrogens with zero attached hydrogens (tertiary/aromatic N) is 1. The second kappa shape index (κ2) is 5.27. The second-order valence-electron chi connectivity index (χ2n) is 4.24. The number of rotatable bonds is 4. The van der Waals surface area contributed by atoms with Crippen LogP contribution in [0.2, 0.25) is 0 Å². The Bertz CT molecular complexity index is 315. The summed E-state index contributed by atoms with van der Waals surface area (Å²) in [4.78, 5) is 3.72. The van der Waals surface area contributed by atoms with Crippen LogP contribution in [0.25, 0.3) is 0 Å². The first-order valence-corrected chi connectivity index (χ1v) is 6.75. The Kier molecular flexibility index (Phi) is 3.97. The van der Waals surface area contributed by atoms with Crippen LogP contribution in [0.15, 0.2) is 17.5 Å². The number of hydrogen-bond acceptors (Lipinski definition) is 4. The summed E-state index contributed by atoms with van der Waals surface area (Å²) in [5.74, 6) is 0. The van der Waals surface area contributed by atoms with Crippen LogP contribution < -0.4 is 5.32 Å². The second-order valence-corrected chi connectivity index (χ2v) is 5.19. The van der Waals surface area contributed by atoms with Crippen molar-refractivity contribution in [2.24, 2.45) is 0 Å². The maximum absolute atomic E-state index is 5.68. The van der Waals surface area contributed by atoms with Gasteiger partial charge in [-0.1, -0.05) is 13.0 Å². The predicted octanol–water partition coefficient (Wildman–Crippen LogP) is 1.86. The number of thiophene rings is 1. The fourth-order valence-corrected chi connectivity index (χ4v) is 3.04. The van der Waals surface area contributed by atoms with Crippen molar-refractivity contribution in [3.05, 3.63) is 22.4 Å². The van der Waals surface area contributed by atoms with E-state index in [0.29, 0.717) is 0 Å². The molecule has 2 heterocycles. The number of likely N-dealkylation sites (N-methyl/N-ethyl adjacent to an activating group) is 1. The van der Waals surface area contributed by atoms with Crippen LogP contribution in [0.4, 0.5) is 0 Å². The van der Waals surface area contributed by atoms with Gasteiger partial charge < -0.3 is 4.74 Å². The summed E-state index contributed by atoms with van der Waals surface area (Å²) < 4.78 is 5.68. The summed E-state index contributed by atoms with van der Waals surface area (Å²) in [5, 5.41) is 5.78. The minimum Gasteiger partial charge on any atom is -0.376 e. The summed E-state index contributed by atoms with van der Waals surface area (Å²) in [7, 11) is 2.17. The molecule has 1 atom stereocenters. The Hall–Kier alpha value is -0.420. The Balaban J connectivity index is 2.24. The molecule has 1 saturated heterocycles. The predicted molar refractivity (Wildman–Crippen MR) is 67.7 cm³/mol. The summed E-state index contributed by atoms with van der Waals surface area (Å²) in [5.41, 5.74) is -0.109. The zero-order valence-corrected chi connectivity index (χ0v) is 10.8. The third-order valence-corrected chi connectivity index (χ3v) is 4.15. The molecule has 16 heavy (non-hydrogen) atoms. The molecule has 3 nitrogen and oxygen atoms in total. The van der Waals surface area contributed by atoms with Gasteiger partial charge in [-0.05, 0) is 31.5 Å². The van der Waals surface area contributed by atoms with E-state index in [1.807, 2.05) is 0 Å². The van der Waals surface area contributed by atoms with Gasteiger partial charge in [0.25, 0.3) is 0 Å². The van der Waals surface area contributed by atoms with Crippen LogP contribution in [-0.2, 0) is 10.4 Å². The van der Waals surface area contributed by atoms with E-state index in [9.17, 15) is 0 Å². The highest BCUT2D eigenvalue weighted by Gasteiger charge is 2.39. The minimum atomic E-state index is -0.109. The Morgan fingerprint density at radius 1 is 1.62 bits per heavy atom. The molecule has 0 saturated carbocycles. The van der Waals surface area contributed by atoms with Crippen LogP contribution in [-0.4, -0.2) is 38.3 Å². The quantitative estimate of drug-likeness (QED) is 0.869. The van der Waals surface area contributed by atoms with Gasteiger partial charge >= 0.3 is 0 Å². The first kappa shape index (κ1) is 12.0. The number of hydrogen-bond donors (Lipinski definition) is 1. The Labute approximate surface area is 101 Å². The van der Waals surface area contributed by atoms with Crippen molar-refractivity contribution in [1.29, 1.82) is 0 Å². The number of nitrogens with one attached hydrogen (secondary N) is 1. The van der Waals surface area contributed by atoms with Crippen molar-refractivity contribution in [2.45, 2.75) is 19.0 Å². The van der Waals surface area contributed by atoms with E-state index in [1.54, 1.807) is 11.3 Å². The average Bonchev–Trinajstić information content (AvgIpc) is 2.82. The molecule has 0 aliphatic carbocycles. The number of morpholine rings is 1. The van der Waals surface area contributed by atoms with Gasteiger partial charge in [0.15, 0.2) is 0 Å². The highest BCUT2D eigenvalue weighted by Crippen LogP contribution is 2.31. The van der Waals surface area contributed by atoms with Crippen molar-refractivity contribution in [3.8, 4) is 0 Å². The lowest BCUT2D eigenvalue weighted by molar-refractivity contribution is -0.0760. The molecule has 0 aromatic carbocycles. The molecule has 2 rings (SSSR count). The van der Waals surface area contributed by atoms with E-state index in [1.165, 1.54) is 4.88 Å². The van der Waals surface area contributed by atoms with E-state index in [4.69, 9.17) is 4.74 Å². The largest absolute Gasteiger partial charge is 0.376 e. The van der Waals surface area contributed by atoms with Crippen LogP contribution in [0.3, 0.4) is 0 Å². The molecule has 1 fully saturated rings. The summed E-state index contributed by atoms with van der Waals surface area (Å²) in [6.45, 7) is 5.76. The molecule has 0 bridgehead atoms. The molecule has 0 spiro atoms. The van der Waals surface area contributed by atoms with E-state index < -0.39 is 0 Å². The minimum absolute atomic E-state index is 0.109. The fourth-order valence-electron chi connectivity index (χ4n) is 2.10. The lowest BCUT2D eigenvalue weighted by Gasteiger charge is -2.45. The molecule has 90 valence electrons. The highest BCUT2D eigenvalue weighted by molar-refractivity contribution is 7.10. The smallest absolute Gasteiger partial charge is 0.131 e. The van der Waals surface area contributed by atoms with Crippen LogP contribution in [0.1, 0.15) is 18.2 Å². The first-order valence-electron chi connectivity index (χ1n) is 5.87. The third-order valence-electron chi connectivity index (χ3n) is 3.13. The molecule has 1 aliphatic heterocycles. The fraction of sp³-hybridized carbons (Fsp3) is 0.667. The SMILES string of the molecule is CCCNC1(c2cccs2)COCCN1C. The van der Waals surface area contributed by atoms with Crippen molar-refractivity contribution in [3.63, 3.8) is 0 Å². The topological polar surface area (TPSA) is 24.5 Å². The molecule has 1 aromatic rings. The van der Waals surface area contributed by atoms with Crippen LogP contribution >= 0.6 is 11.3 Å². The Morgan fingerprint density at radius 2 is 2.50 bits per heavy atom. The molecule has 1 N–H and O–H groups in total. The van der Waals surface area contributed by atoms with Crippen LogP contribution in [0, 0.1) is 0 Å². The van der Waals surface area contributed by atoms with E-state index >= 15 is 0 Å². The van der Waals surface area contributed by atoms with Crippen molar-refractivity contribution < 1.29 is 4.74 Å². The van der Waals surface area contributed by atoms with Gasteiger partial charge in [-0.3, -0.25) is 10.2 Å². The summed E-state index contributed by atoms with van der Waals surface area (Å²) >= 11 is 1.80. The third kappa shape index (κ3) is 2.15. The lowest BCUT2D eigenvalue weighted by atomic mass is 10.1. The zero-order chi connectivity index (χ0) is 11.4. The van der Waals surface area contributed by atoms with Gasteiger partial charge in [0, 0.05) is 11.4 Å². The first-order chi connectivity index (χ1) is 7.79. The van der Waals surface area contributed by atoms with Gasteiger partial charge in [0.05, 0.1) is 13.2 Å². The standard InChI is InChI=1S/C12H20N2OS/c1-3-6-13-12(11-5-4-9-16-11)10-15-8-7-14(12)2/h4-5,9,13H,3,6-8,10H2,1-2H3. The van der Waals surface area contributed by atoms with Gasteiger partial charge in [0.2, 0.25) is 0 Å². The monoisotopic (exact) mass is 240 g/mol. The molecule has 1 unspecified atom stereocenters. The summed E-state index contributed by atoms with van der Waals surface area (Å²) in [6.07, 6.45) is 1.14. The number of ether oxygens (including phenoxy) is 1. The molecule has 0 radical (unpaired) electrons. The van der Waals surface area contributed by atoms with Crippen molar-refractivity contribution >= 4 is 11.3 Å². The van der Waals surface area contributed by atoms with Gasteiger partial charge in [-0.25, -0.2) is 0 Å². The summed E-state index contributed by atoms with van der Waals surface area (Å²) in [6, 6.07) is 4.30. The molecular formula is C12H20N2OS. The normalized spacial score (nSPS) is 27.1. The molecule has 0 amide bonds. The van der Waals surface area contributed by atoms with E-state index in [-0.39, 0.29) is 5.66 Å². The molecule has 4 heteroatoms. The Morgan fingerprint density at radius 3 is 3.12 bits per heavy atom. The van der Waals surface area contributed by atoms with Crippen LogP contribution in [0.5, 0.6) is 0 Å². The maximum atomic E-state index is 5.68. The van der Waals surface area contributed by atoms with Gasteiger partial charge in [-0.2, -0.15) is 0 Å². The zero-order valence-electron chi connectivity index (χ0n) is 10.0. The van der Waals surface area contributed by atoms with E-state index in [2.05, 4.69) is 41.7 Å². The highest BCUT2D eigenvalue weighted by atomic mass is 32.1. The molecular weight excluding hydrogens is 220 g/mol. The molecule has 1 aliphatic rings. The van der Waals surface area contributed by atoms with Gasteiger partial charge in [-0.15, -0.1) is 11.3 Å². The lowest BCUT2D eigenvalue weighted by Crippen LogP contribution is -2.61.